The fourth-order valence-electron chi connectivity index (χ4n) is 3.70. The lowest BCUT2D eigenvalue weighted by Gasteiger charge is -2.34. The summed E-state index contributed by atoms with van der Waals surface area (Å²) in [6, 6.07) is 3.55. The van der Waals surface area contributed by atoms with E-state index in [9.17, 15) is 0 Å². The number of nitrogens with zero attached hydrogens (tertiary/aromatic N) is 2. The first kappa shape index (κ1) is 14.1. The average molecular weight is 275 g/mol. The minimum atomic E-state index is 0.558. The highest BCUT2D eigenvalue weighted by molar-refractivity contribution is 5.00. The summed E-state index contributed by atoms with van der Waals surface area (Å²) < 4.78 is 2.20. The Morgan fingerprint density at radius 3 is 2.60 bits per heavy atom. The summed E-state index contributed by atoms with van der Waals surface area (Å²) in [5, 5.41) is 8.46. The second kappa shape index (κ2) is 5.88. The first-order valence-corrected chi connectivity index (χ1v) is 8.40. The standard InChI is InChI=1S/C17H29N3/c1-17(2)10-7-14(8-11-17)18-13-15-9-12-20(19-15)16-5-3-4-6-16/h9,12,14,16,18H,3-8,10-11,13H2,1-2H3. The van der Waals surface area contributed by atoms with Gasteiger partial charge in [0, 0.05) is 18.8 Å². The molecular formula is C17H29N3. The molecule has 0 amide bonds. The van der Waals surface area contributed by atoms with Crippen LogP contribution >= 0.6 is 0 Å². The molecule has 1 aromatic heterocycles. The molecule has 0 aliphatic heterocycles. The second-order valence-corrected chi connectivity index (χ2v) is 7.54. The van der Waals surface area contributed by atoms with Gasteiger partial charge in [0.05, 0.1) is 11.7 Å². The highest BCUT2D eigenvalue weighted by Gasteiger charge is 2.26. The lowest BCUT2D eigenvalue weighted by molar-refractivity contribution is 0.205. The predicted molar refractivity (Wildman–Crippen MR) is 82.6 cm³/mol. The van der Waals surface area contributed by atoms with E-state index in [1.54, 1.807) is 0 Å². The summed E-state index contributed by atoms with van der Waals surface area (Å²) in [6.07, 6.45) is 12.9. The van der Waals surface area contributed by atoms with Gasteiger partial charge in [-0.1, -0.05) is 26.7 Å². The molecule has 0 radical (unpaired) electrons. The van der Waals surface area contributed by atoms with Crippen LogP contribution in [0, 0.1) is 5.41 Å². The van der Waals surface area contributed by atoms with Gasteiger partial charge in [0.25, 0.3) is 0 Å². The zero-order valence-corrected chi connectivity index (χ0v) is 13.1. The van der Waals surface area contributed by atoms with Gasteiger partial charge in [0.15, 0.2) is 0 Å². The highest BCUT2D eigenvalue weighted by atomic mass is 15.3. The van der Waals surface area contributed by atoms with Gasteiger partial charge in [-0.15, -0.1) is 0 Å². The third-order valence-electron chi connectivity index (χ3n) is 5.27. The van der Waals surface area contributed by atoms with Crippen molar-refractivity contribution in [1.29, 1.82) is 0 Å². The van der Waals surface area contributed by atoms with Crippen molar-refractivity contribution in [3.05, 3.63) is 18.0 Å². The first-order valence-electron chi connectivity index (χ1n) is 8.40. The Morgan fingerprint density at radius 2 is 1.90 bits per heavy atom. The van der Waals surface area contributed by atoms with Gasteiger partial charge in [-0.25, -0.2) is 0 Å². The zero-order chi connectivity index (χ0) is 14.0. The van der Waals surface area contributed by atoms with E-state index in [-0.39, 0.29) is 0 Å². The van der Waals surface area contributed by atoms with Crippen molar-refractivity contribution in [2.75, 3.05) is 0 Å². The SMILES string of the molecule is CC1(C)CCC(NCc2ccn(C3CCCC3)n2)CC1. The second-order valence-electron chi connectivity index (χ2n) is 7.54. The van der Waals surface area contributed by atoms with E-state index in [4.69, 9.17) is 5.10 Å². The Hall–Kier alpha value is -0.830. The molecule has 0 bridgehead atoms. The molecule has 0 saturated heterocycles. The molecule has 1 N–H and O–H groups in total. The van der Waals surface area contributed by atoms with E-state index in [0.29, 0.717) is 17.5 Å². The third kappa shape index (κ3) is 3.43. The molecule has 3 nitrogen and oxygen atoms in total. The smallest absolute Gasteiger partial charge is 0.0762 e. The first-order chi connectivity index (χ1) is 9.62. The lowest BCUT2D eigenvalue weighted by atomic mass is 9.75. The molecular weight excluding hydrogens is 246 g/mol. The molecule has 3 rings (SSSR count). The van der Waals surface area contributed by atoms with Crippen LogP contribution in [0.1, 0.15) is 76.9 Å². The fourth-order valence-corrected chi connectivity index (χ4v) is 3.70. The number of hydrogen-bond acceptors (Lipinski definition) is 2. The van der Waals surface area contributed by atoms with Crippen LogP contribution in [0.25, 0.3) is 0 Å². The average Bonchev–Trinajstić information content (AvgIpc) is 3.08. The minimum absolute atomic E-state index is 0.558. The zero-order valence-electron chi connectivity index (χ0n) is 13.1. The van der Waals surface area contributed by atoms with Crippen LogP contribution in [0.2, 0.25) is 0 Å². The van der Waals surface area contributed by atoms with E-state index >= 15 is 0 Å². The monoisotopic (exact) mass is 275 g/mol. The Morgan fingerprint density at radius 1 is 1.20 bits per heavy atom. The molecule has 1 heterocycles. The largest absolute Gasteiger partial charge is 0.308 e. The summed E-state index contributed by atoms with van der Waals surface area (Å²) in [5.74, 6) is 0. The molecule has 0 spiro atoms. The Balaban J connectivity index is 1.47. The van der Waals surface area contributed by atoms with E-state index < -0.39 is 0 Å². The van der Waals surface area contributed by atoms with E-state index in [2.05, 4.69) is 36.1 Å². The topological polar surface area (TPSA) is 29.9 Å². The minimum Gasteiger partial charge on any atom is -0.308 e. The maximum atomic E-state index is 4.76. The molecule has 3 heteroatoms. The molecule has 112 valence electrons. The predicted octanol–water partition coefficient (Wildman–Crippen LogP) is 4.06. The van der Waals surface area contributed by atoms with E-state index in [0.717, 1.165) is 6.54 Å². The van der Waals surface area contributed by atoms with Crippen molar-refractivity contribution in [3.8, 4) is 0 Å². The molecule has 0 atom stereocenters. The van der Waals surface area contributed by atoms with E-state index in [1.165, 1.54) is 57.1 Å². The summed E-state index contributed by atoms with van der Waals surface area (Å²) in [7, 11) is 0. The van der Waals surface area contributed by atoms with Crippen molar-refractivity contribution in [2.45, 2.75) is 83.8 Å². The maximum absolute atomic E-state index is 4.76. The molecule has 1 aromatic rings. The molecule has 20 heavy (non-hydrogen) atoms. The summed E-state index contributed by atoms with van der Waals surface area (Å²) >= 11 is 0. The van der Waals surface area contributed by atoms with Crippen LogP contribution in [-0.4, -0.2) is 15.8 Å². The van der Waals surface area contributed by atoms with Crippen molar-refractivity contribution in [3.63, 3.8) is 0 Å². The third-order valence-corrected chi connectivity index (χ3v) is 5.27. The van der Waals surface area contributed by atoms with Crippen molar-refractivity contribution >= 4 is 0 Å². The molecule has 0 aromatic carbocycles. The number of hydrogen-bond donors (Lipinski definition) is 1. The van der Waals surface area contributed by atoms with Gasteiger partial charge in [-0.3, -0.25) is 4.68 Å². The van der Waals surface area contributed by atoms with Crippen LogP contribution in [-0.2, 0) is 6.54 Å². The number of nitrogens with one attached hydrogen (secondary N) is 1. The molecule has 2 fully saturated rings. The number of rotatable bonds is 4. The lowest BCUT2D eigenvalue weighted by Crippen LogP contribution is -2.35. The quantitative estimate of drug-likeness (QED) is 0.898. The van der Waals surface area contributed by atoms with Gasteiger partial charge in [0.2, 0.25) is 0 Å². The normalized spacial score (nSPS) is 24.3. The number of aromatic nitrogens is 2. The summed E-state index contributed by atoms with van der Waals surface area (Å²) in [5.41, 5.74) is 1.77. The van der Waals surface area contributed by atoms with Crippen molar-refractivity contribution in [2.24, 2.45) is 5.41 Å². The van der Waals surface area contributed by atoms with Crippen molar-refractivity contribution in [1.82, 2.24) is 15.1 Å². The van der Waals surface area contributed by atoms with Gasteiger partial charge in [-0.2, -0.15) is 5.10 Å². The van der Waals surface area contributed by atoms with Crippen molar-refractivity contribution < 1.29 is 0 Å². The molecule has 2 aliphatic carbocycles. The summed E-state index contributed by atoms with van der Waals surface area (Å²) in [6.45, 7) is 5.73. The van der Waals surface area contributed by atoms with Gasteiger partial charge in [-0.05, 0) is 50.0 Å². The van der Waals surface area contributed by atoms with Gasteiger partial charge < -0.3 is 5.32 Å². The van der Waals surface area contributed by atoms with E-state index in [1.807, 2.05) is 0 Å². The molecule has 2 saturated carbocycles. The van der Waals surface area contributed by atoms with Crippen LogP contribution in [0.3, 0.4) is 0 Å². The van der Waals surface area contributed by atoms with Crippen LogP contribution in [0.4, 0.5) is 0 Å². The Bertz CT molecular complexity index is 419. The Kier molecular flexibility index (Phi) is 4.16. The van der Waals surface area contributed by atoms with Gasteiger partial charge >= 0.3 is 0 Å². The summed E-state index contributed by atoms with van der Waals surface area (Å²) in [4.78, 5) is 0. The Labute approximate surface area is 123 Å². The molecule has 0 unspecified atom stereocenters. The highest BCUT2D eigenvalue weighted by Crippen LogP contribution is 2.35. The fraction of sp³-hybridized carbons (Fsp3) is 0.824. The maximum Gasteiger partial charge on any atom is 0.0762 e. The molecule has 2 aliphatic rings. The van der Waals surface area contributed by atoms with Crippen LogP contribution in [0.5, 0.6) is 0 Å². The van der Waals surface area contributed by atoms with Crippen LogP contribution < -0.4 is 5.32 Å². The van der Waals surface area contributed by atoms with Crippen LogP contribution in [0.15, 0.2) is 12.3 Å². The van der Waals surface area contributed by atoms with Gasteiger partial charge in [0.1, 0.15) is 0 Å².